The Hall–Kier alpha value is -1.92. The second-order valence-corrected chi connectivity index (χ2v) is 7.96. The van der Waals surface area contributed by atoms with Crippen LogP contribution in [0.5, 0.6) is 0 Å². The number of guanidine groups is 1. The Morgan fingerprint density at radius 2 is 2.00 bits per heavy atom. The van der Waals surface area contributed by atoms with Crippen LogP contribution in [0.4, 0.5) is 0 Å². The van der Waals surface area contributed by atoms with Gasteiger partial charge in [0.1, 0.15) is 5.01 Å². The second kappa shape index (κ2) is 11.7. The normalized spacial score (nSPS) is 12.0. The number of nitrogens with one attached hydrogen (secondary N) is 2. The minimum absolute atomic E-state index is 0.471. The molecule has 1 aromatic carbocycles. The van der Waals surface area contributed by atoms with Crippen molar-refractivity contribution in [3.63, 3.8) is 0 Å². The molecule has 0 saturated carbocycles. The summed E-state index contributed by atoms with van der Waals surface area (Å²) in [7, 11) is 2.17. The Morgan fingerprint density at radius 1 is 1.22 bits per heavy atom. The van der Waals surface area contributed by atoms with Crippen molar-refractivity contribution in [3.05, 3.63) is 52.0 Å². The lowest BCUT2D eigenvalue weighted by Gasteiger charge is -2.17. The van der Waals surface area contributed by atoms with Gasteiger partial charge in [0.2, 0.25) is 0 Å². The highest BCUT2D eigenvalue weighted by molar-refractivity contribution is 7.09. The highest BCUT2D eigenvalue weighted by Crippen LogP contribution is 2.18. The van der Waals surface area contributed by atoms with E-state index in [1.165, 1.54) is 5.56 Å². The maximum absolute atomic E-state index is 4.67. The molecule has 0 fully saturated rings. The Morgan fingerprint density at radius 3 is 2.67 bits per heavy atom. The van der Waals surface area contributed by atoms with E-state index in [2.05, 4.69) is 89.0 Å². The molecule has 0 aliphatic carbocycles. The van der Waals surface area contributed by atoms with Crippen molar-refractivity contribution in [1.29, 1.82) is 0 Å². The molecule has 5 nitrogen and oxygen atoms in total. The van der Waals surface area contributed by atoms with Gasteiger partial charge in [-0.05, 0) is 38.4 Å². The van der Waals surface area contributed by atoms with Gasteiger partial charge >= 0.3 is 0 Å². The first-order valence-electron chi connectivity index (χ1n) is 9.77. The summed E-state index contributed by atoms with van der Waals surface area (Å²) in [5, 5.41) is 9.95. The number of rotatable bonds is 10. The van der Waals surface area contributed by atoms with Crippen LogP contribution >= 0.6 is 11.3 Å². The Kier molecular flexibility index (Phi) is 9.28. The monoisotopic (exact) mass is 387 g/mol. The summed E-state index contributed by atoms with van der Waals surface area (Å²) < 4.78 is 0. The molecule has 0 spiro atoms. The molecule has 0 unspecified atom stereocenters. The maximum atomic E-state index is 4.67. The molecule has 0 bridgehead atoms. The van der Waals surface area contributed by atoms with Gasteiger partial charge in [-0.25, -0.2) is 9.98 Å². The van der Waals surface area contributed by atoms with Gasteiger partial charge in [0.25, 0.3) is 0 Å². The van der Waals surface area contributed by atoms with Crippen molar-refractivity contribution in [3.8, 4) is 0 Å². The van der Waals surface area contributed by atoms with E-state index in [4.69, 9.17) is 0 Å². The van der Waals surface area contributed by atoms with Crippen LogP contribution in [-0.2, 0) is 13.1 Å². The standard InChI is InChI=1S/C21H33N5S/c1-5-22-21(24-14-20-25-19(16-27-20)17(2)3)23-12-9-13-26(4)15-18-10-7-6-8-11-18/h6-8,10-11,16-17H,5,9,12-15H2,1-4H3,(H2,22,23,24). The smallest absolute Gasteiger partial charge is 0.191 e. The third kappa shape index (κ3) is 8.10. The number of nitrogens with zero attached hydrogens (tertiary/aromatic N) is 3. The Bertz CT molecular complexity index is 681. The molecule has 0 atom stereocenters. The van der Waals surface area contributed by atoms with Crippen LogP contribution in [-0.4, -0.2) is 42.5 Å². The van der Waals surface area contributed by atoms with E-state index in [-0.39, 0.29) is 0 Å². The van der Waals surface area contributed by atoms with Crippen LogP contribution < -0.4 is 10.6 Å². The zero-order valence-electron chi connectivity index (χ0n) is 17.0. The molecule has 1 aromatic heterocycles. The largest absolute Gasteiger partial charge is 0.357 e. The third-order valence-corrected chi connectivity index (χ3v) is 5.03. The number of aromatic nitrogens is 1. The van der Waals surface area contributed by atoms with Crippen LogP contribution in [0.2, 0.25) is 0 Å². The fourth-order valence-electron chi connectivity index (χ4n) is 2.68. The Labute approximate surface area is 167 Å². The van der Waals surface area contributed by atoms with Crippen LogP contribution in [0, 0.1) is 0 Å². The lowest BCUT2D eigenvalue weighted by atomic mass is 10.2. The molecule has 1 heterocycles. The predicted octanol–water partition coefficient (Wildman–Crippen LogP) is 3.84. The van der Waals surface area contributed by atoms with Gasteiger partial charge in [0.15, 0.2) is 5.96 Å². The number of aliphatic imine (C=N–C) groups is 1. The van der Waals surface area contributed by atoms with E-state index in [0.29, 0.717) is 12.5 Å². The molecule has 0 saturated heterocycles. The average Bonchev–Trinajstić information content (AvgIpc) is 3.13. The van der Waals surface area contributed by atoms with Gasteiger partial charge in [0, 0.05) is 25.0 Å². The molecule has 0 aliphatic rings. The topological polar surface area (TPSA) is 52.6 Å². The van der Waals surface area contributed by atoms with Crippen LogP contribution in [0.15, 0.2) is 40.7 Å². The van der Waals surface area contributed by atoms with Crippen molar-refractivity contribution in [2.45, 2.75) is 46.2 Å². The van der Waals surface area contributed by atoms with Crippen molar-refractivity contribution < 1.29 is 0 Å². The zero-order valence-corrected chi connectivity index (χ0v) is 17.9. The van der Waals surface area contributed by atoms with Crippen LogP contribution in [0.3, 0.4) is 0 Å². The Balaban J connectivity index is 1.73. The van der Waals surface area contributed by atoms with Gasteiger partial charge in [-0.1, -0.05) is 44.2 Å². The predicted molar refractivity (Wildman–Crippen MR) is 116 cm³/mol. The van der Waals surface area contributed by atoms with Gasteiger partial charge in [-0.2, -0.15) is 0 Å². The molecule has 0 aliphatic heterocycles. The number of thiazole rings is 1. The molecule has 27 heavy (non-hydrogen) atoms. The fourth-order valence-corrected chi connectivity index (χ4v) is 3.56. The number of hydrogen-bond donors (Lipinski definition) is 2. The van der Waals surface area contributed by atoms with Crippen LogP contribution in [0.25, 0.3) is 0 Å². The summed E-state index contributed by atoms with van der Waals surface area (Å²) in [5.41, 5.74) is 2.51. The first kappa shape index (κ1) is 21.4. The molecule has 148 valence electrons. The highest BCUT2D eigenvalue weighted by atomic mass is 32.1. The zero-order chi connectivity index (χ0) is 19.5. The second-order valence-electron chi connectivity index (χ2n) is 7.02. The maximum Gasteiger partial charge on any atom is 0.191 e. The van der Waals surface area contributed by atoms with E-state index in [1.54, 1.807) is 11.3 Å². The summed E-state index contributed by atoms with van der Waals surface area (Å²) in [6.45, 7) is 10.8. The van der Waals surface area contributed by atoms with E-state index in [0.717, 1.165) is 49.3 Å². The summed E-state index contributed by atoms with van der Waals surface area (Å²) in [6.07, 6.45) is 1.07. The molecular weight excluding hydrogens is 354 g/mol. The molecule has 6 heteroatoms. The summed E-state index contributed by atoms with van der Waals surface area (Å²) >= 11 is 1.69. The van der Waals surface area contributed by atoms with Gasteiger partial charge in [0.05, 0.1) is 12.2 Å². The van der Waals surface area contributed by atoms with Crippen molar-refractivity contribution >= 4 is 17.3 Å². The molecule has 0 radical (unpaired) electrons. The van der Waals surface area contributed by atoms with E-state index >= 15 is 0 Å². The molecule has 2 N–H and O–H groups in total. The fraction of sp³-hybridized carbons (Fsp3) is 0.524. The number of benzene rings is 1. The van der Waals surface area contributed by atoms with Crippen molar-refractivity contribution in [2.75, 3.05) is 26.7 Å². The van der Waals surface area contributed by atoms with E-state index in [9.17, 15) is 0 Å². The van der Waals surface area contributed by atoms with Crippen molar-refractivity contribution in [1.82, 2.24) is 20.5 Å². The van der Waals surface area contributed by atoms with Gasteiger partial charge < -0.3 is 15.5 Å². The SMILES string of the molecule is CCNC(=NCc1nc(C(C)C)cs1)NCCCN(C)Cc1ccccc1. The molecule has 2 rings (SSSR count). The summed E-state index contributed by atoms with van der Waals surface area (Å²) in [4.78, 5) is 11.7. The highest BCUT2D eigenvalue weighted by Gasteiger charge is 2.06. The van der Waals surface area contributed by atoms with E-state index < -0.39 is 0 Å². The molecule has 0 amide bonds. The third-order valence-electron chi connectivity index (χ3n) is 4.18. The first-order valence-corrected chi connectivity index (χ1v) is 10.7. The first-order chi connectivity index (χ1) is 13.1. The average molecular weight is 388 g/mol. The van der Waals surface area contributed by atoms with Gasteiger partial charge in [-0.15, -0.1) is 11.3 Å². The minimum atomic E-state index is 0.471. The molecule has 2 aromatic rings. The van der Waals surface area contributed by atoms with Crippen molar-refractivity contribution in [2.24, 2.45) is 4.99 Å². The quantitative estimate of drug-likeness (QED) is 0.369. The van der Waals surface area contributed by atoms with Crippen LogP contribution in [0.1, 0.15) is 49.4 Å². The van der Waals surface area contributed by atoms with Gasteiger partial charge in [-0.3, -0.25) is 0 Å². The molecular formula is C21H33N5S. The summed E-state index contributed by atoms with van der Waals surface area (Å²) in [6, 6.07) is 10.6. The van der Waals surface area contributed by atoms with E-state index in [1.807, 2.05) is 0 Å². The summed E-state index contributed by atoms with van der Waals surface area (Å²) in [5.74, 6) is 1.34. The lowest BCUT2D eigenvalue weighted by Crippen LogP contribution is -2.38. The lowest BCUT2D eigenvalue weighted by molar-refractivity contribution is 0.322. The minimum Gasteiger partial charge on any atom is -0.357 e. The number of hydrogen-bond acceptors (Lipinski definition) is 4.